The van der Waals surface area contributed by atoms with Crippen molar-refractivity contribution in [3.8, 4) is 0 Å². The quantitative estimate of drug-likeness (QED) is 0.453. The van der Waals surface area contributed by atoms with Gasteiger partial charge in [0, 0.05) is 32.1 Å². The number of rotatable bonds is 7. The van der Waals surface area contributed by atoms with Crippen molar-refractivity contribution in [2.45, 2.75) is 57.0 Å². The van der Waals surface area contributed by atoms with Gasteiger partial charge in [0.2, 0.25) is 11.8 Å². The fourth-order valence-electron chi connectivity index (χ4n) is 4.67. The van der Waals surface area contributed by atoms with Crippen molar-refractivity contribution in [1.82, 2.24) is 30.3 Å². The Labute approximate surface area is 207 Å². The predicted molar refractivity (Wildman–Crippen MR) is 119 cm³/mol. The Morgan fingerprint density at radius 3 is 2.70 bits per heavy atom. The molecule has 1 aliphatic carbocycles. The number of carbonyl (C=O) groups excluding carboxylic acids is 2. The second-order valence-corrected chi connectivity index (χ2v) is 9.29. The number of fused-ring (bicyclic) bond motifs is 1. The molecular weight excluding hydrogens is 503 g/mol. The van der Waals surface area contributed by atoms with Gasteiger partial charge in [0.1, 0.15) is 23.3 Å². The number of halogens is 5. The smallest absolute Gasteiger partial charge is 0.410 e. The molecule has 1 saturated heterocycles. The number of oxazole rings is 1. The number of benzene rings is 1. The van der Waals surface area contributed by atoms with Crippen molar-refractivity contribution >= 4 is 23.0 Å². The van der Waals surface area contributed by atoms with Gasteiger partial charge in [-0.05, 0) is 36.6 Å². The zero-order chi connectivity index (χ0) is 26.5. The van der Waals surface area contributed by atoms with E-state index in [2.05, 4.69) is 15.4 Å². The highest BCUT2D eigenvalue weighted by Crippen LogP contribution is 2.48. The van der Waals surface area contributed by atoms with E-state index >= 15 is 0 Å². The summed E-state index contributed by atoms with van der Waals surface area (Å²) in [4.78, 5) is 30.3. The van der Waals surface area contributed by atoms with Crippen LogP contribution in [0.3, 0.4) is 0 Å². The summed E-state index contributed by atoms with van der Waals surface area (Å²) in [6.07, 6.45) is -3.98. The van der Waals surface area contributed by atoms with E-state index in [0.29, 0.717) is 23.2 Å². The third kappa shape index (κ3) is 4.96. The van der Waals surface area contributed by atoms with E-state index in [1.54, 1.807) is 19.1 Å². The summed E-state index contributed by atoms with van der Waals surface area (Å²) in [5, 5.41) is 8.71. The molecule has 0 bridgehead atoms. The van der Waals surface area contributed by atoms with Crippen LogP contribution in [0.1, 0.15) is 47.7 Å². The highest BCUT2D eigenvalue weighted by molar-refractivity contribution is 5.92. The van der Waals surface area contributed by atoms with E-state index in [0.717, 1.165) is 4.90 Å². The van der Waals surface area contributed by atoms with E-state index in [1.165, 1.54) is 23.0 Å². The van der Waals surface area contributed by atoms with Crippen molar-refractivity contribution in [1.29, 1.82) is 0 Å². The monoisotopic (exact) mass is 526 g/mol. The number of urea groups is 1. The molecule has 2 aliphatic rings. The molecule has 3 aromatic rings. The molecule has 3 amide bonds. The first-order chi connectivity index (χ1) is 17.4. The van der Waals surface area contributed by atoms with Gasteiger partial charge in [-0.15, -0.1) is 0 Å². The van der Waals surface area contributed by atoms with Crippen LogP contribution in [0.5, 0.6) is 0 Å². The molecule has 198 valence electrons. The number of amides is 3. The summed E-state index contributed by atoms with van der Waals surface area (Å²) in [6.45, 7) is 1.63. The second kappa shape index (κ2) is 8.99. The summed E-state index contributed by atoms with van der Waals surface area (Å²) in [7, 11) is 0. The number of aromatic nitrogens is 3. The van der Waals surface area contributed by atoms with Crippen molar-refractivity contribution in [2.24, 2.45) is 5.92 Å². The van der Waals surface area contributed by atoms with Gasteiger partial charge in [0.15, 0.2) is 5.58 Å². The molecule has 2 aromatic heterocycles. The summed E-state index contributed by atoms with van der Waals surface area (Å²) in [5.41, 5.74) is 1.40. The average Bonchev–Trinajstić information content (AvgIpc) is 3.53. The van der Waals surface area contributed by atoms with E-state index in [9.17, 15) is 31.5 Å². The fourth-order valence-corrected chi connectivity index (χ4v) is 4.67. The molecular formula is C23H23F5N6O3. The molecule has 1 saturated carbocycles. The third-order valence-electron chi connectivity index (χ3n) is 6.62. The molecule has 1 aliphatic heterocycles. The molecule has 1 aromatic carbocycles. The van der Waals surface area contributed by atoms with Crippen LogP contribution >= 0.6 is 0 Å². The first-order valence-corrected chi connectivity index (χ1v) is 11.7. The summed E-state index contributed by atoms with van der Waals surface area (Å²) in [6, 6.07) is 2.48. The van der Waals surface area contributed by atoms with Crippen LogP contribution in [0.2, 0.25) is 0 Å². The molecule has 37 heavy (non-hydrogen) atoms. The number of alkyl halides is 5. The minimum atomic E-state index is -4.55. The number of aryl methyl sites for hydroxylation is 1. The van der Waals surface area contributed by atoms with E-state index in [4.69, 9.17) is 4.42 Å². The molecule has 2 N–H and O–H groups in total. The van der Waals surface area contributed by atoms with Crippen LogP contribution in [0.25, 0.3) is 11.1 Å². The zero-order valence-corrected chi connectivity index (χ0v) is 19.6. The van der Waals surface area contributed by atoms with Gasteiger partial charge in [0.05, 0.1) is 6.54 Å². The maximum atomic E-state index is 13.7. The Hall–Kier alpha value is -3.71. The summed E-state index contributed by atoms with van der Waals surface area (Å²) < 4.78 is 73.5. The highest BCUT2D eigenvalue weighted by atomic mass is 19.4. The Balaban J connectivity index is 1.37. The van der Waals surface area contributed by atoms with E-state index < -0.39 is 61.4 Å². The fraction of sp³-hybridized carbons (Fsp3) is 0.478. The molecule has 2 fully saturated rings. The van der Waals surface area contributed by atoms with Gasteiger partial charge in [-0.3, -0.25) is 9.48 Å². The topological polar surface area (TPSA) is 105 Å². The van der Waals surface area contributed by atoms with E-state index in [1.807, 2.05) is 5.32 Å². The van der Waals surface area contributed by atoms with Gasteiger partial charge < -0.3 is 20.0 Å². The molecule has 14 heteroatoms. The van der Waals surface area contributed by atoms with Crippen LogP contribution in [0.15, 0.2) is 34.9 Å². The van der Waals surface area contributed by atoms with Gasteiger partial charge >= 0.3 is 12.2 Å². The zero-order valence-electron chi connectivity index (χ0n) is 19.6. The second-order valence-electron chi connectivity index (χ2n) is 9.29. The van der Waals surface area contributed by atoms with Crippen molar-refractivity contribution in [3.05, 3.63) is 47.6 Å². The number of hydrogen-bond donors (Lipinski definition) is 2. The van der Waals surface area contributed by atoms with Crippen molar-refractivity contribution < 1.29 is 36.0 Å². The lowest BCUT2D eigenvalue weighted by Crippen LogP contribution is -2.45. The van der Waals surface area contributed by atoms with Gasteiger partial charge in [-0.25, -0.2) is 18.6 Å². The van der Waals surface area contributed by atoms with Crippen molar-refractivity contribution in [3.63, 3.8) is 0 Å². The number of nitrogens with one attached hydrogen (secondary N) is 2. The Bertz CT molecular complexity index is 1330. The normalized spacial score (nSPS) is 20.6. The van der Waals surface area contributed by atoms with Crippen molar-refractivity contribution in [2.75, 3.05) is 6.54 Å². The van der Waals surface area contributed by atoms with Crippen LogP contribution in [-0.4, -0.2) is 56.3 Å². The van der Waals surface area contributed by atoms with Gasteiger partial charge in [-0.1, -0.05) is 6.07 Å². The summed E-state index contributed by atoms with van der Waals surface area (Å²) in [5.74, 6) is -3.93. The minimum Gasteiger partial charge on any atom is -0.438 e. The maximum Gasteiger partial charge on any atom is 0.410 e. The standard InChI is InChI=1S/C23H23F5N6O3/c1-2-34-15(5-6-29-34)19(35)32-18(13-8-22(24,25)9-13)20-30-14-7-12(3-4-16(14)37-20)10-33-11-17(23(26,27)28)31-21(33)36/h3-7,13,17-18H,2,8-11H2,1H3,(H,31,36)(H,32,35)/t17-,18-/m0/s1. The maximum absolute atomic E-state index is 13.7. The molecule has 3 heterocycles. The third-order valence-corrected chi connectivity index (χ3v) is 6.62. The van der Waals surface area contributed by atoms with Crippen LogP contribution in [0, 0.1) is 5.92 Å². The Morgan fingerprint density at radius 2 is 2.05 bits per heavy atom. The minimum absolute atomic E-state index is 0.0413. The Kier molecular flexibility index (Phi) is 6.07. The first kappa shape index (κ1) is 25.0. The first-order valence-electron chi connectivity index (χ1n) is 11.7. The SMILES string of the molecule is CCn1nccc1C(=O)N[C@H](c1nc2cc(CN3C[C@@H](C(F)(F)F)NC3=O)ccc2o1)C1CC(F)(F)C1. The van der Waals surface area contributed by atoms with Crippen LogP contribution < -0.4 is 10.6 Å². The van der Waals surface area contributed by atoms with Gasteiger partial charge in [-0.2, -0.15) is 18.3 Å². The molecule has 0 radical (unpaired) electrons. The molecule has 5 rings (SSSR count). The predicted octanol–water partition coefficient (Wildman–Crippen LogP) is 4.02. The lowest BCUT2D eigenvalue weighted by Gasteiger charge is -2.38. The molecule has 2 atom stereocenters. The largest absolute Gasteiger partial charge is 0.438 e. The molecule has 9 nitrogen and oxygen atoms in total. The number of hydrogen-bond acceptors (Lipinski definition) is 5. The van der Waals surface area contributed by atoms with Crippen LogP contribution in [-0.2, 0) is 13.1 Å². The van der Waals surface area contributed by atoms with Crippen LogP contribution in [0.4, 0.5) is 26.7 Å². The summed E-state index contributed by atoms with van der Waals surface area (Å²) >= 11 is 0. The average molecular weight is 526 g/mol. The number of nitrogens with zero attached hydrogens (tertiary/aromatic N) is 4. The van der Waals surface area contributed by atoms with Gasteiger partial charge in [0.25, 0.3) is 5.91 Å². The lowest BCUT2D eigenvalue weighted by atomic mass is 9.76. The molecule has 0 unspecified atom stereocenters. The Morgan fingerprint density at radius 1 is 1.30 bits per heavy atom. The molecule has 0 spiro atoms. The lowest BCUT2D eigenvalue weighted by molar-refractivity contribution is -0.149. The highest BCUT2D eigenvalue weighted by Gasteiger charge is 2.51. The number of carbonyl (C=O) groups is 2. The van der Waals surface area contributed by atoms with E-state index in [-0.39, 0.29) is 18.1 Å².